The number of ether oxygens (including phenoxy) is 2. The number of hydrogen-bond donors (Lipinski definition) is 1. The van der Waals surface area contributed by atoms with E-state index >= 15 is 0 Å². The van der Waals surface area contributed by atoms with Crippen LogP contribution in [0, 0.1) is 13.8 Å². The zero-order chi connectivity index (χ0) is 16.8. The molecule has 0 aliphatic rings. The number of methoxy groups -OCH3 is 1. The Balaban J connectivity index is 1.93. The first-order valence-electron chi connectivity index (χ1n) is 7.08. The summed E-state index contributed by atoms with van der Waals surface area (Å²) in [6.07, 6.45) is 1.64. The monoisotopic (exact) mass is 317 g/mol. The van der Waals surface area contributed by atoms with Crippen LogP contribution in [0.5, 0.6) is 5.75 Å². The molecule has 23 heavy (non-hydrogen) atoms. The molecular weight excluding hydrogens is 298 g/mol. The summed E-state index contributed by atoms with van der Waals surface area (Å²) >= 11 is 0. The fraction of sp³-hybridized carbons (Fsp3) is 0.312. The number of aromatic nitrogens is 2. The molecule has 7 nitrogen and oxygen atoms in total. The smallest absolute Gasteiger partial charge is 0.325 e. The third-order valence-corrected chi connectivity index (χ3v) is 3.19. The van der Waals surface area contributed by atoms with E-state index < -0.39 is 11.9 Å². The van der Waals surface area contributed by atoms with Crippen molar-refractivity contribution in [2.75, 3.05) is 13.7 Å². The molecule has 1 aromatic carbocycles. The molecular formula is C16H19N3O4. The summed E-state index contributed by atoms with van der Waals surface area (Å²) in [6.45, 7) is 3.95. The zero-order valence-electron chi connectivity index (χ0n) is 13.3. The van der Waals surface area contributed by atoms with Crippen molar-refractivity contribution in [1.82, 2.24) is 15.1 Å². The number of hydrogen-bond acceptors (Lipinski definition) is 5. The van der Waals surface area contributed by atoms with Crippen LogP contribution in [0.3, 0.4) is 0 Å². The van der Waals surface area contributed by atoms with Crippen molar-refractivity contribution >= 4 is 11.9 Å². The molecule has 1 amide bonds. The van der Waals surface area contributed by atoms with E-state index in [-0.39, 0.29) is 19.0 Å². The summed E-state index contributed by atoms with van der Waals surface area (Å²) in [6, 6.07) is 7.50. The van der Waals surface area contributed by atoms with Gasteiger partial charge in [0.1, 0.15) is 18.0 Å². The first kappa shape index (κ1) is 16.5. The molecule has 0 radical (unpaired) electrons. The minimum Gasteiger partial charge on any atom is -0.471 e. The summed E-state index contributed by atoms with van der Waals surface area (Å²) < 4.78 is 11.7. The molecule has 1 aromatic heterocycles. The van der Waals surface area contributed by atoms with Gasteiger partial charge in [-0.1, -0.05) is 12.1 Å². The van der Waals surface area contributed by atoms with Crippen LogP contribution in [0.4, 0.5) is 0 Å². The Morgan fingerprint density at radius 2 is 2.04 bits per heavy atom. The van der Waals surface area contributed by atoms with E-state index in [1.165, 1.54) is 11.8 Å². The van der Waals surface area contributed by atoms with E-state index in [1.807, 2.05) is 32.0 Å². The van der Waals surface area contributed by atoms with Gasteiger partial charge in [-0.05, 0) is 37.1 Å². The first-order chi connectivity index (χ1) is 11.0. The number of aryl methyl sites for hydroxylation is 2. The van der Waals surface area contributed by atoms with Gasteiger partial charge >= 0.3 is 5.97 Å². The fourth-order valence-electron chi connectivity index (χ4n) is 1.87. The predicted molar refractivity (Wildman–Crippen MR) is 83.1 cm³/mol. The van der Waals surface area contributed by atoms with Crippen LogP contribution >= 0.6 is 0 Å². The van der Waals surface area contributed by atoms with Gasteiger partial charge in [0.15, 0.2) is 6.73 Å². The average Bonchev–Trinajstić information content (AvgIpc) is 3.02. The summed E-state index contributed by atoms with van der Waals surface area (Å²) in [5.41, 5.74) is 2.34. The molecule has 0 saturated heterocycles. The molecule has 7 heteroatoms. The minimum atomic E-state index is -0.518. The normalized spacial score (nSPS) is 10.2. The quantitative estimate of drug-likeness (QED) is 0.815. The highest BCUT2D eigenvalue weighted by atomic mass is 16.5. The number of nitrogens with zero attached hydrogens (tertiary/aromatic N) is 2. The topological polar surface area (TPSA) is 82.5 Å². The Kier molecular flexibility index (Phi) is 5.35. The number of amides is 1. The highest BCUT2D eigenvalue weighted by Gasteiger charge is 2.11. The molecule has 122 valence electrons. The maximum Gasteiger partial charge on any atom is 0.325 e. The van der Waals surface area contributed by atoms with Crippen molar-refractivity contribution in [2.45, 2.75) is 20.6 Å². The average molecular weight is 317 g/mol. The standard InChI is InChI=1S/C16H19N3O4/c1-11-4-5-12(2)14(8-11)23-10-19-7-6-13(18-19)16(21)17-9-15(20)22-3/h4-8H,9-10H2,1-3H3,(H,17,21). The molecule has 2 rings (SSSR count). The molecule has 0 fully saturated rings. The highest BCUT2D eigenvalue weighted by Crippen LogP contribution is 2.19. The van der Waals surface area contributed by atoms with Crippen LogP contribution in [-0.2, 0) is 16.3 Å². The molecule has 0 spiro atoms. The van der Waals surface area contributed by atoms with Crippen molar-refractivity contribution in [1.29, 1.82) is 0 Å². The van der Waals surface area contributed by atoms with Crippen LogP contribution in [0.1, 0.15) is 21.6 Å². The summed E-state index contributed by atoms with van der Waals surface area (Å²) in [4.78, 5) is 22.8. The maximum atomic E-state index is 11.8. The summed E-state index contributed by atoms with van der Waals surface area (Å²) in [5, 5.41) is 6.53. The summed E-state index contributed by atoms with van der Waals surface area (Å²) in [7, 11) is 1.26. The second-order valence-electron chi connectivity index (χ2n) is 5.04. The fourth-order valence-corrected chi connectivity index (χ4v) is 1.87. The molecule has 0 unspecified atom stereocenters. The van der Waals surface area contributed by atoms with Gasteiger partial charge < -0.3 is 14.8 Å². The van der Waals surface area contributed by atoms with Crippen LogP contribution in [-0.4, -0.2) is 35.3 Å². The van der Waals surface area contributed by atoms with Crippen molar-refractivity contribution in [2.24, 2.45) is 0 Å². The lowest BCUT2D eigenvalue weighted by Gasteiger charge is -2.09. The van der Waals surface area contributed by atoms with E-state index in [0.29, 0.717) is 0 Å². The third kappa shape index (κ3) is 4.57. The SMILES string of the molecule is COC(=O)CNC(=O)c1ccn(COc2cc(C)ccc2C)n1. The van der Waals surface area contributed by atoms with E-state index in [0.717, 1.165) is 16.9 Å². The minimum absolute atomic E-state index is 0.189. The predicted octanol–water partition coefficient (Wildman–Crippen LogP) is 1.44. The number of carbonyl (C=O) groups excluding carboxylic acids is 2. The lowest BCUT2D eigenvalue weighted by atomic mass is 10.1. The van der Waals surface area contributed by atoms with Gasteiger partial charge in [0.05, 0.1) is 7.11 Å². The highest BCUT2D eigenvalue weighted by molar-refractivity contribution is 5.94. The van der Waals surface area contributed by atoms with Crippen LogP contribution in [0.2, 0.25) is 0 Å². The van der Waals surface area contributed by atoms with Crippen LogP contribution in [0.25, 0.3) is 0 Å². The second kappa shape index (κ2) is 7.44. The van der Waals surface area contributed by atoms with Gasteiger partial charge in [0.25, 0.3) is 5.91 Å². The van der Waals surface area contributed by atoms with Gasteiger partial charge in [-0.2, -0.15) is 5.10 Å². The molecule has 0 atom stereocenters. The number of benzene rings is 1. The van der Waals surface area contributed by atoms with Crippen molar-refractivity contribution in [3.63, 3.8) is 0 Å². The van der Waals surface area contributed by atoms with E-state index in [9.17, 15) is 9.59 Å². The molecule has 0 aliphatic carbocycles. The summed E-state index contributed by atoms with van der Waals surface area (Å²) in [5.74, 6) is -0.186. The third-order valence-electron chi connectivity index (χ3n) is 3.19. The molecule has 2 aromatic rings. The van der Waals surface area contributed by atoms with Gasteiger partial charge in [0.2, 0.25) is 0 Å². The zero-order valence-corrected chi connectivity index (χ0v) is 13.3. The van der Waals surface area contributed by atoms with E-state index in [4.69, 9.17) is 4.74 Å². The molecule has 0 bridgehead atoms. The Morgan fingerprint density at radius 1 is 1.26 bits per heavy atom. The lowest BCUT2D eigenvalue weighted by molar-refractivity contribution is -0.139. The number of carbonyl (C=O) groups is 2. The van der Waals surface area contributed by atoms with Gasteiger partial charge in [-0.3, -0.25) is 9.59 Å². The largest absolute Gasteiger partial charge is 0.471 e. The second-order valence-corrected chi connectivity index (χ2v) is 5.04. The Morgan fingerprint density at radius 3 is 2.78 bits per heavy atom. The Labute approximate surface area is 134 Å². The molecule has 1 heterocycles. The van der Waals surface area contributed by atoms with Gasteiger partial charge in [0, 0.05) is 6.20 Å². The van der Waals surface area contributed by atoms with E-state index in [2.05, 4.69) is 15.2 Å². The molecule has 1 N–H and O–H groups in total. The van der Waals surface area contributed by atoms with Crippen LogP contribution in [0.15, 0.2) is 30.5 Å². The van der Waals surface area contributed by atoms with Gasteiger partial charge in [-0.25, -0.2) is 4.68 Å². The van der Waals surface area contributed by atoms with Gasteiger partial charge in [-0.15, -0.1) is 0 Å². The lowest BCUT2D eigenvalue weighted by Crippen LogP contribution is -2.30. The number of esters is 1. The maximum absolute atomic E-state index is 11.8. The molecule has 0 aliphatic heterocycles. The van der Waals surface area contributed by atoms with Crippen molar-refractivity contribution in [3.8, 4) is 5.75 Å². The number of nitrogens with one attached hydrogen (secondary N) is 1. The number of rotatable bonds is 6. The van der Waals surface area contributed by atoms with Crippen molar-refractivity contribution < 1.29 is 19.1 Å². The van der Waals surface area contributed by atoms with E-state index in [1.54, 1.807) is 12.3 Å². The van der Waals surface area contributed by atoms with Crippen molar-refractivity contribution in [3.05, 3.63) is 47.3 Å². The molecule has 0 saturated carbocycles. The first-order valence-corrected chi connectivity index (χ1v) is 7.08. The Bertz CT molecular complexity index is 709. The van der Waals surface area contributed by atoms with Crippen LogP contribution < -0.4 is 10.1 Å². The Hall–Kier alpha value is -2.83.